The van der Waals surface area contributed by atoms with Crippen LogP contribution in [-0.4, -0.2) is 5.91 Å². The first-order chi connectivity index (χ1) is 11.6. The molecule has 0 radical (unpaired) electrons. The molecule has 24 heavy (non-hydrogen) atoms. The van der Waals surface area contributed by atoms with Crippen LogP contribution in [0.1, 0.15) is 26.8 Å². The smallest absolute Gasteiger partial charge is 0.255 e. The van der Waals surface area contributed by atoms with Crippen LogP contribution in [0.5, 0.6) is 0 Å². The van der Waals surface area contributed by atoms with E-state index in [0.717, 1.165) is 16.5 Å². The Morgan fingerprint density at radius 2 is 1.79 bits per heavy atom. The van der Waals surface area contributed by atoms with Gasteiger partial charge < -0.3 is 5.32 Å². The molecule has 0 saturated carbocycles. The van der Waals surface area contributed by atoms with Crippen molar-refractivity contribution in [2.45, 2.75) is 6.04 Å². The normalized spacial score (nSPS) is 12.0. The summed E-state index contributed by atoms with van der Waals surface area (Å²) in [4.78, 5) is 13.3. The summed E-state index contributed by atoms with van der Waals surface area (Å²) in [6.45, 7) is 0. The minimum absolute atomic E-state index is 0.328. The highest BCUT2D eigenvalue weighted by Gasteiger charge is 2.21. The lowest BCUT2D eigenvalue weighted by molar-refractivity contribution is 0.0938. The van der Waals surface area contributed by atoms with E-state index < -0.39 is 23.6 Å². The van der Waals surface area contributed by atoms with Gasteiger partial charge in [0, 0.05) is 9.90 Å². The Bertz CT molecular complexity index is 850. The molecule has 3 rings (SSSR count). The van der Waals surface area contributed by atoms with Crippen molar-refractivity contribution in [3.8, 4) is 0 Å². The zero-order chi connectivity index (χ0) is 17.1. The number of hydrogen-bond acceptors (Lipinski definition) is 2. The van der Waals surface area contributed by atoms with Gasteiger partial charge in [-0.3, -0.25) is 4.79 Å². The number of benzene rings is 2. The molecule has 0 saturated heterocycles. The number of rotatable bonds is 4. The van der Waals surface area contributed by atoms with E-state index in [4.69, 9.17) is 11.6 Å². The summed E-state index contributed by atoms with van der Waals surface area (Å²) in [5.41, 5.74) is 0.470. The average molecular weight is 364 g/mol. The highest BCUT2D eigenvalue weighted by Crippen LogP contribution is 2.27. The highest BCUT2D eigenvalue weighted by atomic mass is 35.5. The molecule has 0 aliphatic rings. The van der Waals surface area contributed by atoms with E-state index in [1.807, 2.05) is 17.5 Å². The lowest BCUT2D eigenvalue weighted by atomic mass is 10.0. The van der Waals surface area contributed by atoms with Gasteiger partial charge in [0.05, 0.1) is 11.6 Å². The fourth-order valence-corrected chi connectivity index (χ4v) is 3.25. The zero-order valence-corrected chi connectivity index (χ0v) is 13.9. The van der Waals surface area contributed by atoms with Crippen LogP contribution in [0, 0.1) is 11.6 Å². The first-order valence-corrected chi connectivity index (χ1v) is 8.36. The highest BCUT2D eigenvalue weighted by molar-refractivity contribution is 7.10. The van der Waals surface area contributed by atoms with Gasteiger partial charge in [0.1, 0.15) is 0 Å². The summed E-state index contributed by atoms with van der Waals surface area (Å²) in [5, 5.41) is 5.22. The van der Waals surface area contributed by atoms with Crippen LogP contribution in [0.4, 0.5) is 8.78 Å². The van der Waals surface area contributed by atoms with Gasteiger partial charge in [-0.1, -0.05) is 35.9 Å². The Hall–Kier alpha value is -2.24. The number of carbonyl (C=O) groups excluding carboxylic acids is 1. The third-order valence-electron chi connectivity index (χ3n) is 3.50. The molecule has 6 heteroatoms. The molecule has 3 aromatic rings. The van der Waals surface area contributed by atoms with Crippen LogP contribution in [0.3, 0.4) is 0 Å². The van der Waals surface area contributed by atoms with Gasteiger partial charge in [0.2, 0.25) is 0 Å². The van der Waals surface area contributed by atoms with Crippen molar-refractivity contribution in [3.63, 3.8) is 0 Å². The van der Waals surface area contributed by atoms with Crippen LogP contribution in [0.2, 0.25) is 5.02 Å². The maximum absolute atomic E-state index is 13.8. The first-order valence-electron chi connectivity index (χ1n) is 7.10. The number of amides is 1. The maximum Gasteiger partial charge on any atom is 0.255 e. The number of hydrogen-bond donors (Lipinski definition) is 1. The summed E-state index contributed by atoms with van der Waals surface area (Å²) < 4.78 is 27.2. The molecule has 122 valence electrons. The molecular formula is C18H12ClF2NOS. The number of halogens is 3. The summed E-state index contributed by atoms with van der Waals surface area (Å²) in [7, 11) is 0. The molecule has 2 aromatic carbocycles. The van der Waals surface area contributed by atoms with E-state index in [1.54, 1.807) is 24.3 Å². The fourth-order valence-electron chi connectivity index (χ4n) is 2.32. The Morgan fingerprint density at radius 3 is 2.46 bits per heavy atom. The second kappa shape index (κ2) is 7.11. The van der Waals surface area contributed by atoms with E-state index in [1.165, 1.54) is 23.5 Å². The van der Waals surface area contributed by atoms with Crippen molar-refractivity contribution >= 4 is 28.8 Å². The minimum atomic E-state index is -1.16. The Morgan fingerprint density at radius 1 is 1.04 bits per heavy atom. The SMILES string of the molecule is O=C(NC(c1ccc(Cl)cc1)c1cccs1)c1cccc(F)c1F. The van der Waals surface area contributed by atoms with Gasteiger partial charge in [-0.25, -0.2) is 8.78 Å². The predicted molar refractivity (Wildman–Crippen MR) is 91.4 cm³/mol. The van der Waals surface area contributed by atoms with Gasteiger partial charge in [0.25, 0.3) is 5.91 Å². The largest absolute Gasteiger partial charge is 0.340 e. The third kappa shape index (κ3) is 3.47. The molecular weight excluding hydrogens is 352 g/mol. The van der Waals surface area contributed by atoms with Crippen LogP contribution < -0.4 is 5.32 Å². The lowest BCUT2D eigenvalue weighted by Crippen LogP contribution is -2.29. The topological polar surface area (TPSA) is 29.1 Å². The summed E-state index contributed by atoms with van der Waals surface area (Å²) in [5.74, 6) is -2.89. The molecule has 1 aromatic heterocycles. The molecule has 0 aliphatic carbocycles. The van der Waals surface area contributed by atoms with Crippen molar-refractivity contribution in [2.75, 3.05) is 0 Å². The summed E-state index contributed by atoms with van der Waals surface area (Å²) in [6.07, 6.45) is 0. The molecule has 0 bridgehead atoms. The number of carbonyl (C=O) groups is 1. The molecule has 1 N–H and O–H groups in total. The average Bonchev–Trinajstić information content (AvgIpc) is 3.10. The van der Waals surface area contributed by atoms with Gasteiger partial charge in [-0.15, -0.1) is 11.3 Å². The molecule has 1 unspecified atom stereocenters. The van der Waals surface area contributed by atoms with Gasteiger partial charge in [-0.05, 0) is 41.3 Å². The number of nitrogens with one attached hydrogen (secondary N) is 1. The molecule has 1 atom stereocenters. The fraction of sp³-hybridized carbons (Fsp3) is 0.0556. The monoisotopic (exact) mass is 363 g/mol. The molecule has 0 fully saturated rings. The molecule has 1 amide bonds. The van der Waals surface area contributed by atoms with Gasteiger partial charge in [-0.2, -0.15) is 0 Å². The zero-order valence-electron chi connectivity index (χ0n) is 12.3. The van der Waals surface area contributed by atoms with Crippen molar-refractivity contribution < 1.29 is 13.6 Å². The third-order valence-corrected chi connectivity index (χ3v) is 4.69. The van der Waals surface area contributed by atoms with Crippen molar-refractivity contribution in [1.82, 2.24) is 5.32 Å². The Labute approximate surface area is 146 Å². The molecule has 2 nitrogen and oxygen atoms in total. The van der Waals surface area contributed by atoms with Gasteiger partial charge >= 0.3 is 0 Å². The quantitative estimate of drug-likeness (QED) is 0.678. The molecule has 0 spiro atoms. The van der Waals surface area contributed by atoms with E-state index >= 15 is 0 Å². The van der Waals surface area contributed by atoms with Crippen molar-refractivity contribution in [3.05, 3.63) is 92.6 Å². The first kappa shape index (κ1) is 16.6. The Balaban J connectivity index is 1.94. The van der Waals surface area contributed by atoms with Crippen molar-refractivity contribution in [1.29, 1.82) is 0 Å². The van der Waals surface area contributed by atoms with E-state index in [0.29, 0.717) is 5.02 Å². The van der Waals surface area contributed by atoms with E-state index in [2.05, 4.69) is 5.32 Å². The van der Waals surface area contributed by atoms with Crippen molar-refractivity contribution in [2.24, 2.45) is 0 Å². The Kier molecular flexibility index (Phi) is 4.92. The molecule has 1 heterocycles. The standard InChI is InChI=1S/C18H12ClF2NOS/c19-12-8-6-11(7-9-12)17(15-5-2-10-24-15)22-18(23)13-3-1-4-14(20)16(13)21/h1-10,17H,(H,22,23). The second-order valence-corrected chi connectivity index (χ2v) is 6.49. The van der Waals surface area contributed by atoms with Crippen LogP contribution in [0.25, 0.3) is 0 Å². The van der Waals surface area contributed by atoms with Crippen LogP contribution in [-0.2, 0) is 0 Å². The maximum atomic E-state index is 13.8. The van der Waals surface area contributed by atoms with Crippen LogP contribution >= 0.6 is 22.9 Å². The summed E-state index contributed by atoms with van der Waals surface area (Å²) >= 11 is 7.36. The second-order valence-electron chi connectivity index (χ2n) is 5.07. The van der Waals surface area contributed by atoms with Crippen LogP contribution in [0.15, 0.2) is 60.0 Å². The van der Waals surface area contributed by atoms with E-state index in [9.17, 15) is 13.6 Å². The molecule has 0 aliphatic heterocycles. The van der Waals surface area contributed by atoms with Gasteiger partial charge in [0.15, 0.2) is 11.6 Å². The van der Waals surface area contributed by atoms with E-state index in [-0.39, 0.29) is 5.56 Å². The lowest BCUT2D eigenvalue weighted by Gasteiger charge is -2.18. The predicted octanol–water partition coefficient (Wildman–Crippen LogP) is 5.20. The number of thiophene rings is 1. The summed E-state index contributed by atoms with van der Waals surface area (Å²) in [6, 6.07) is 13.8. The minimum Gasteiger partial charge on any atom is -0.340 e.